The highest BCUT2D eigenvalue weighted by Gasteiger charge is 2.40. The van der Waals surface area contributed by atoms with Crippen LogP contribution in [0.5, 0.6) is 0 Å². The van der Waals surface area contributed by atoms with Gasteiger partial charge < -0.3 is 58.3 Å². The Hall–Kier alpha value is -4.01. The van der Waals surface area contributed by atoms with Gasteiger partial charge in [-0.05, 0) is 63.4 Å². The van der Waals surface area contributed by atoms with Crippen LogP contribution in [0.2, 0.25) is 0 Å². The van der Waals surface area contributed by atoms with Crippen molar-refractivity contribution in [3.05, 3.63) is 0 Å². The Bertz CT molecular complexity index is 1330. The largest absolute Gasteiger partial charge is 0.480 e. The molecule has 1 rings (SSSR count). The number of nitrogens with zero attached hydrogens (tertiary/aromatic N) is 1. The first kappa shape index (κ1) is 48.0. The van der Waals surface area contributed by atoms with Crippen LogP contribution >= 0.6 is 11.8 Å². The van der Waals surface area contributed by atoms with Gasteiger partial charge in [0, 0.05) is 6.54 Å². The molecule has 20 heteroatoms. The Kier molecular flexibility index (Phi) is 20.5. The predicted molar refractivity (Wildman–Crippen MR) is 199 cm³/mol. The lowest BCUT2D eigenvalue weighted by Gasteiger charge is -2.31. The summed E-state index contributed by atoms with van der Waals surface area (Å²) >= 11 is 1.40. The first-order valence-corrected chi connectivity index (χ1v) is 19.5. The lowest BCUT2D eigenvalue weighted by molar-refractivity contribution is -0.144. The first-order chi connectivity index (χ1) is 25.2. The van der Waals surface area contributed by atoms with E-state index in [0.29, 0.717) is 18.6 Å². The molecule has 1 heterocycles. The van der Waals surface area contributed by atoms with E-state index in [1.165, 1.54) is 30.5 Å². The molecule has 0 unspecified atom stereocenters. The van der Waals surface area contributed by atoms with Crippen LogP contribution in [-0.4, -0.2) is 141 Å². The average Bonchev–Trinajstić information content (AvgIpc) is 3.59. The number of likely N-dealkylation sites (tertiary alicyclic amines) is 1. The third-order valence-electron chi connectivity index (χ3n) is 9.10. The number of aliphatic carboxylic acids is 1. The van der Waals surface area contributed by atoms with Crippen molar-refractivity contribution in [3.8, 4) is 0 Å². The predicted octanol–water partition coefficient (Wildman–Crippen LogP) is -2.70. The Morgan fingerprint density at radius 3 is 1.87 bits per heavy atom. The quantitative estimate of drug-likeness (QED) is 0.0505. The minimum absolute atomic E-state index is 0.104. The number of hydrogen-bond donors (Lipinski definition) is 10. The fourth-order valence-corrected chi connectivity index (χ4v) is 6.19. The van der Waals surface area contributed by atoms with E-state index >= 15 is 0 Å². The number of carboxylic acids is 1. The molecule has 0 saturated carbocycles. The molecule has 0 spiro atoms. The molecule has 308 valence electrons. The Labute approximate surface area is 320 Å². The molecule has 0 bridgehead atoms. The van der Waals surface area contributed by atoms with Gasteiger partial charge in [0.05, 0.1) is 18.6 Å². The van der Waals surface area contributed by atoms with Gasteiger partial charge in [-0.25, -0.2) is 4.79 Å². The van der Waals surface area contributed by atoms with Crippen LogP contribution in [-0.2, 0) is 38.4 Å². The van der Waals surface area contributed by atoms with Gasteiger partial charge in [0.25, 0.3) is 0 Å². The Morgan fingerprint density at radius 1 is 0.796 bits per heavy atom. The maximum absolute atomic E-state index is 14.0. The minimum Gasteiger partial charge on any atom is -0.480 e. The van der Waals surface area contributed by atoms with E-state index in [0.717, 1.165) is 0 Å². The van der Waals surface area contributed by atoms with Gasteiger partial charge in [-0.2, -0.15) is 11.8 Å². The molecule has 1 fully saturated rings. The van der Waals surface area contributed by atoms with E-state index in [1.54, 1.807) is 34.0 Å². The van der Waals surface area contributed by atoms with Crippen LogP contribution in [0, 0.1) is 11.8 Å². The highest BCUT2D eigenvalue weighted by atomic mass is 32.2. The number of nitrogens with two attached hydrogens (primary N) is 2. The molecule has 7 amide bonds. The number of nitrogens with one attached hydrogen (secondary N) is 5. The highest BCUT2D eigenvalue weighted by Crippen LogP contribution is 2.21. The zero-order chi connectivity index (χ0) is 41.4. The standard InChI is InChI=1S/C34H60N8O11S/c1-8-17(4)26(34(52)53)40-29(47)22(15-24(35)45)38-30(48)23-10-9-12-42(23)33(51)20(11-13-54-7)37-28(46)21(14-16(2)3)39-32(50)27(19(6)44)41-31(49)25(36)18(5)43/h16-23,25-27,43-44H,8-15,36H2,1-7H3,(H2,35,45)(H,37,46)(H,38,48)(H,39,50)(H,40,47)(H,41,49)(H,52,53)/t17-,18+,19+,20-,21-,22-,23-,25-,26-,27-/m0/s1. The van der Waals surface area contributed by atoms with E-state index in [-0.39, 0.29) is 31.7 Å². The number of hydrogen-bond acceptors (Lipinski definition) is 12. The van der Waals surface area contributed by atoms with E-state index in [4.69, 9.17) is 11.5 Å². The van der Waals surface area contributed by atoms with Gasteiger partial charge >= 0.3 is 5.97 Å². The Balaban J connectivity index is 3.27. The van der Waals surface area contributed by atoms with Crippen molar-refractivity contribution < 1.29 is 53.7 Å². The lowest BCUT2D eigenvalue weighted by Crippen LogP contribution is -2.61. The number of carboxylic acid groups (broad SMARTS) is 1. The molecule has 0 aliphatic carbocycles. The zero-order valence-corrected chi connectivity index (χ0v) is 32.9. The molecule has 0 aromatic heterocycles. The zero-order valence-electron chi connectivity index (χ0n) is 32.1. The number of primary amides is 1. The fourth-order valence-electron chi connectivity index (χ4n) is 5.72. The van der Waals surface area contributed by atoms with Crippen molar-refractivity contribution in [2.45, 2.75) is 135 Å². The number of rotatable bonds is 23. The molecule has 54 heavy (non-hydrogen) atoms. The number of thioether (sulfide) groups is 1. The van der Waals surface area contributed by atoms with Gasteiger partial charge in [0.2, 0.25) is 41.4 Å². The third-order valence-corrected chi connectivity index (χ3v) is 9.75. The van der Waals surface area contributed by atoms with Gasteiger partial charge in [-0.15, -0.1) is 0 Å². The summed E-state index contributed by atoms with van der Waals surface area (Å²) in [4.78, 5) is 105. The second kappa shape index (κ2) is 23.0. The summed E-state index contributed by atoms with van der Waals surface area (Å²) in [5.74, 6) is -7.29. The van der Waals surface area contributed by atoms with E-state index in [1.807, 2.05) is 0 Å². The summed E-state index contributed by atoms with van der Waals surface area (Å²) in [5.41, 5.74) is 11.0. The van der Waals surface area contributed by atoms with Crippen LogP contribution in [0.3, 0.4) is 0 Å². The average molecular weight is 789 g/mol. The summed E-state index contributed by atoms with van der Waals surface area (Å²) in [6, 6.07) is -9.22. The molecule has 1 saturated heterocycles. The van der Waals surface area contributed by atoms with Crippen LogP contribution in [0.15, 0.2) is 0 Å². The van der Waals surface area contributed by atoms with Gasteiger partial charge in [0.15, 0.2) is 0 Å². The molecule has 1 aliphatic heterocycles. The number of amides is 7. The monoisotopic (exact) mass is 788 g/mol. The van der Waals surface area contributed by atoms with Crippen molar-refractivity contribution in [2.24, 2.45) is 23.3 Å². The molecule has 0 aromatic rings. The molecule has 19 nitrogen and oxygen atoms in total. The lowest BCUT2D eigenvalue weighted by atomic mass is 9.98. The van der Waals surface area contributed by atoms with Crippen LogP contribution < -0.4 is 38.1 Å². The SMILES string of the molecule is CC[C@H](C)[C@H](NC(=O)[C@H](CC(N)=O)NC(=O)[C@@H]1CCCN1C(=O)[C@H](CCSC)NC(=O)[C@H](CC(C)C)NC(=O)[C@@H](NC(=O)[C@@H](N)[C@@H](C)O)[C@@H](C)O)C(=O)O. The maximum atomic E-state index is 14.0. The van der Waals surface area contributed by atoms with E-state index in [2.05, 4.69) is 26.6 Å². The van der Waals surface area contributed by atoms with E-state index in [9.17, 15) is 53.7 Å². The second-order valence-corrected chi connectivity index (χ2v) is 15.1. The maximum Gasteiger partial charge on any atom is 0.326 e. The molecule has 0 radical (unpaired) electrons. The summed E-state index contributed by atoms with van der Waals surface area (Å²) in [6.07, 6.45) is -0.255. The van der Waals surface area contributed by atoms with Crippen molar-refractivity contribution in [1.82, 2.24) is 31.5 Å². The highest BCUT2D eigenvalue weighted by molar-refractivity contribution is 7.98. The summed E-state index contributed by atoms with van der Waals surface area (Å²) in [6.45, 7) is 9.61. The third kappa shape index (κ3) is 15.0. The number of aliphatic hydroxyl groups is 2. The van der Waals surface area contributed by atoms with Crippen LogP contribution in [0.4, 0.5) is 0 Å². The summed E-state index contributed by atoms with van der Waals surface area (Å²) < 4.78 is 0. The number of carbonyl (C=O) groups is 8. The van der Waals surface area contributed by atoms with Crippen molar-refractivity contribution >= 4 is 59.1 Å². The normalized spacial score (nSPS) is 19.2. The molecule has 10 atom stereocenters. The van der Waals surface area contributed by atoms with Crippen molar-refractivity contribution in [3.63, 3.8) is 0 Å². The smallest absolute Gasteiger partial charge is 0.326 e. The number of carbonyl (C=O) groups excluding carboxylic acids is 7. The van der Waals surface area contributed by atoms with E-state index < -0.39 is 114 Å². The summed E-state index contributed by atoms with van der Waals surface area (Å²) in [5, 5.41) is 41.9. The molecule has 12 N–H and O–H groups in total. The molecular formula is C34H60N8O11S. The van der Waals surface area contributed by atoms with Crippen LogP contribution in [0.25, 0.3) is 0 Å². The van der Waals surface area contributed by atoms with Gasteiger partial charge in [0.1, 0.15) is 42.3 Å². The van der Waals surface area contributed by atoms with Crippen molar-refractivity contribution in [2.75, 3.05) is 18.6 Å². The molecular weight excluding hydrogens is 728 g/mol. The fraction of sp³-hybridized carbons (Fsp3) is 0.765. The van der Waals surface area contributed by atoms with Crippen molar-refractivity contribution in [1.29, 1.82) is 0 Å². The Morgan fingerprint density at radius 2 is 1.37 bits per heavy atom. The first-order valence-electron chi connectivity index (χ1n) is 18.1. The van der Waals surface area contributed by atoms with Gasteiger partial charge in [-0.3, -0.25) is 33.6 Å². The van der Waals surface area contributed by atoms with Crippen LogP contribution in [0.1, 0.15) is 80.1 Å². The minimum atomic E-state index is -1.53. The summed E-state index contributed by atoms with van der Waals surface area (Å²) in [7, 11) is 0. The topological polar surface area (TPSA) is 313 Å². The van der Waals surface area contributed by atoms with Gasteiger partial charge in [-0.1, -0.05) is 34.1 Å². The second-order valence-electron chi connectivity index (χ2n) is 14.2. The number of aliphatic hydroxyl groups excluding tert-OH is 2. The molecule has 1 aliphatic rings. The molecule has 0 aromatic carbocycles.